The van der Waals surface area contributed by atoms with E-state index >= 15 is 0 Å². The molecule has 1 heterocycles. The number of nitrogens with zero attached hydrogens (tertiary/aromatic N) is 2. The molecular formula is C26H33ClN4O3S. The van der Waals surface area contributed by atoms with Crippen LogP contribution in [0.2, 0.25) is 5.02 Å². The number of hydrogen-bond acceptors (Lipinski definition) is 5. The third-order valence-electron chi connectivity index (χ3n) is 5.73. The van der Waals surface area contributed by atoms with Crippen LogP contribution in [0.5, 0.6) is 5.75 Å². The molecule has 7 nitrogen and oxygen atoms in total. The maximum atomic E-state index is 12.8. The Kier molecular flexibility index (Phi) is 10.2. The lowest BCUT2D eigenvalue weighted by Gasteiger charge is -2.37. The van der Waals surface area contributed by atoms with Crippen LogP contribution in [0.1, 0.15) is 49.9 Å². The van der Waals surface area contributed by atoms with Crippen LogP contribution in [-0.4, -0.2) is 54.6 Å². The first-order valence-corrected chi connectivity index (χ1v) is 12.9. The summed E-state index contributed by atoms with van der Waals surface area (Å²) in [7, 11) is 0. The minimum absolute atomic E-state index is 0.174. The molecule has 0 unspecified atom stereocenters. The molecule has 9 heteroatoms. The zero-order chi connectivity index (χ0) is 25.2. The first-order valence-electron chi connectivity index (χ1n) is 12.1. The lowest BCUT2D eigenvalue weighted by molar-refractivity contribution is -0.131. The van der Waals surface area contributed by atoms with Crippen molar-refractivity contribution in [3.05, 3.63) is 53.1 Å². The van der Waals surface area contributed by atoms with Crippen molar-refractivity contribution >= 4 is 52.1 Å². The van der Waals surface area contributed by atoms with Crippen molar-refractivity contribution < 1.29 is 14.3 Å². The molecule has 1 aliphatic rings. The van der Waals surface area contributed by atoms with Crippen LogP contribution in [0, 0.1) is 0 Å². The summed E-state index contributed by atoms with van der Waals surface area (Å²) in [4.78, 5) is 29.1. The topological polar surface area (TPSA) is 73.9 Å². The summed E-state index contributed by atoms with van der Waals surface area (Å²) in [5.74, 6) is 0.527. The third kappa shape index (κ3) is 7.83. The second-order valence-electron chi connectivity index (χ2n) is 8.42. The van der Waals surface area contributed by atoms with Gasteiger partial charge in [-0.1, -0.05) is 37.9 Å². The molecule has 1 aliphatic heterocycles. The maximum Gasteiger partial charge on any atom is 0.257 e. The van der Waals surface area contributed by atoms with Gasteiger partial charge in [-0.05, 0) is 61.5 Å². The number of benzene rings is 2. The number of carbonyl (C=O) groups excluding carboxylic acids is 2. The van der Waals surface area contributed by atoms with E-state index < -0.39 is 0 Å². The summed E-state index contributed by atoms with van der Waals surface area (Å²) in [6.45, 7) is 7.46. The monoisotopic (exact) mass is 516 g/mol. The highest BCUT2D eigenvalue weighted by Crippen LogP contribution is 2.30. The first kappa shape index (κ1) is 26.8. The molecule has 0 bridgehead atoms. The predicted octanol–water partition coefficient (Wildman–Crippen LogP) is 5.09. The Bertz CT molecular complexity index is 1040. The SMILES string of the molecule is CCCCOc1cccc(C(=O)NC(=S)Nc2cc(Cl)ccc2N2CCN(C(=O)CCC)CC2)c1. The molecule has 1 fully saturated rings. The number of ether oxygens (including phenoxy) is 1. The van der Waals surface area contributed by atoms with E-state index in [2.05, 4.69) is 22.5 Å². The molecule has 3 rings (SSSR count). The number of thiocarbonyl (C=S) groups is 1. The van der Waals surface area contributed by atoms with Crippen molar-refractivity contribution in [1.29, 1.82) is 0 Å². The van der Waals surface area contributed by atoms with Crippen molar-refractivity contribution in [3.63, 3.8) is 0 Å². The van der Waals surface area contributed by atoms with Gasteiger partial charge in [0.15, 0.2) is 5.11 Å². The quantitative estimate of drug-likeness (QED) is 0.357. The van der Waals surface area contributed by atoms with E-state index in [-0.39, 0.29) is 16.9 Å². The fraction of sp³-hybridized carbons (Fsp3) is 0.423. The average molecular weight is 517 g/mol. The van der Waals surface area contributed by atoms with E-state index in [1.54, 1.807) is 24.3 Å². The van der Waals surface area contributed by atoms with Crippen molar-refractivity contribution in [2.45, 2.75) is 39.5 Å². The average Bonchev–Trinajstić information content (AvgIpc) is 2.85. The number of piperazine rings is 1. The van der Waals surface area contributed by atoms with Crippen LogP contribution in [0.15, 0.2) is 42.5 Å². The van der Waals surface area contributed by atoms with E-state index in [1.807, 2.05) is 30.0 Å². The largest absolute Gasteiger partial charge is 0.494 e. The Morgan fingerprint density at radius 1 is 1.06 bits per heavy atom. The number of unbranched alkanes of at least 4 members (excludes halogenated alkanes) is 1. The van der Waals surface area contributed by atoms with Crippen molar-refractivity contribution in [2.75, 3.05) is 43.0 Å². The predicted molar refractivity (Wildman–Crippen MR) is 146 cm³/mol. The number of nitrogens with one attached hydrogen (secondary N) is 2. The van der Waals surface area contributed by atoms with E-state index in [1.165, 1.54) is 0 Å². The number of hydrogen-bond donors (Lipinski definition) is 2. The molecular weight excluding hydrogens is 484 g/mol. The van der Waals surface area contributed by atoms with Gasteiger partial charge >= 0.3 is 0 Å². The zero-order valence-electron chi connectivity index (χ0n) is 20.3. The van der Waals surface area contributed by atoms with E-state index in [0.717, 1.165) is 24.9 Å². The van der Waals surface area contributed by atoms with Gasteiger partial charge in [-0.3, -0.25) is 14.9 Å². The fourth-order valence-corrected chi connectivity index (χ4v) is 4.22. The molecule has 0 atom stereocenters. The van der Waals surface area contributed by atoms with Gasteiger partial charge in [-0.25, -0.2) is 0 Å². The molecule has 0 saturated carbocycles. The fourth-order valence-electron chi connectivity index (χ4n) is 3.84. The van der Waals surface area contributed by atoms with Gasteiger partial charge < -0.3 is 19.9 Å². The molecule has 188 valence electrons. The van der Waals surface area contributed by atoms with Crippen LogP contribution < -0.4 is 20.3 Å². The third-order valence-corrected chi connectivity index (χ3v) is 6.17. The van der Waals surface area contributed by atoms with Crippen molar-refractivity contribution in [2.24, 2.45) is 0 Å². The number of rotatable bonds is 9. The molecule has 2 aromatic rings. The van der Waals surface area contributed by atoms with Crippen molar-refractivity contribution in [1.82, 2.24) is 10.2 Å². The van der Waals surface area contributed by atoms with Gasteiger partial charge in [-0.2, -0.15) is 0 Å². The van der Waals surface area contributed by atoms with Gasteiger partial charge in [0.25, 0.3) is 5.91 Å². The molecule has 2 amide bonds. The second kappa shape index (κ2) is 13.3. The number of amides is 2. The van der Waals surface area contributed by atoms with Gasteiger partial charge in [-0.15, -0.1) is 0 Å². The molecule has 2 aromatic carbocycles. The molecule has 35 heavy (non-hydrogen) atoms. The van der Waals surface area contributed by atoms with Crippen LogP contribution >= 0.6 is 23.8 Å². The minimum atomic E-state index is -0.324. The van der Waals surface area contributed by atoms with Crippen LogP contribution in [0.25, 0.3) is 0 Å². The van der Waals surface area contributed by atoms with Gasteiger partial charge in [0.05, 0.1) is 18.0 Å². The maximum absolute atomic E-state index is 12.8. The molecule has 1 saturated heterocycles. The Balaban J connectivity index is 1.63. The Labute approximate surface area is 217 Å². The van der Waals surface area contributed by atoms with Crippen LogP contribution in [-0.2, 0) is 4.79 Å². The zero-order valence-corrected chi connectivity index (χ0v) is 21.9. The normalized spacial score (nSPS) is 13.3. The van der Waals surface area contributed by atoms with Crippen LogP contribution in [0.4, 0.5) is 11.4 Å². The summed E-state index contributed by atoms with van der Waals surface area (Å²) >= 11 is 11.7. The second-order valence-corrected chi connectivity index (χ2v) is 9.26. The highest BCUT2D eigenvalue weighted by Gasteiger charge is 2.22. The Hall–Kier alpha value is -2.84. The summed E-state index contributed by atoms with van der Waals surface area (Å²) in [5, 5.41) is 6.59. The lowest BCUT2D eigenvalue weighted by Crippen LogP contribution is -2.49. The van der Waals surface area contributed by atoms with E-state index in [4.69, 9.17) is 28.6 Å². The number of carbonyl (C=O) groups is 2. The highest BCUT2D eigenvalue weighted by atomic mass is 35.5. The summed E-state index contributed by atoms with van der Waals surface area (Å²) in [6.07, 6.45) is 3.42. The Morgan fingerprint density at radius 3 is 2.54 bits per heavy atom. The minimum Gasteiger partial charge on any atom is -0.494 e. The first-order chi connectivity index (χ1) is 16.9. The number of anilines is 2. The van der Waals surface area contributed by atoms with Gasteiger partial charge in [0.1, 0.15) is 5.75 Å². The molecule has 0 aliphatic carbocycles. The molecule has 2 N–H and O–H groups in total. The molecule has 0 radical (unpaired) electrons. The molecule has 0 spiro atoms. The standard InChI is InChI=1S/C26H33ClN4O3S/c1-3-5-16-34-21-9-6-8-19(17-21)25(33)29-26(35)28-22-18-20(27)10-11-23(22)30-12-14-31(15-13-30)24(32)7-4-2/h6,8-11,17-18H,3-5,7,12-16H2,1-2H3,(H2,28,29,33,35). The highest BCUT2D eigenvalue weighted by molar-refractivity contribution is 7.80. The smallest absolute Gasteiger partial charge is 0.257 e. The summed E-state index contributed by atoms with van der Waals surface area (Å²) < 4.78 is 5.70. The Morgan fingerprint density at radius 2 is 1.83 bits per heavy atom. The lowest BCUT2D eigenvalue weighted by atomic mass is 10.2. The van der Waals surface area contributed by atoms with Gasteiger partial charge in [0.2, 0.25) is 5.91 Å². The molecule has 0 aromatic heterocycles. The summed E-state index contributed by atoms with van der Waals surface area (Å²) in [5.41, 5.74) is 2.08. The van der Waals surface area contributed by atoms with Crippen molar-refractivity contribution in [3.8, 4) is 5.75 Å². The van der Waals surface area contributed by atoms with Gasteiger partial charge in [0, 0.05) is 43.2 Å². The van der Waals surface area contributed by atoms with Crippen LogP contribution in [0.3, 0.4) is 0 Å². The van der Waals surface area contributed by atoms with E-state index in [0.29, 0.717) is 61.2 Å². The summed E-state index contributed by atoms with van der Waals surface area (Å²) in [6, 6.07) is 12.6. The van der Waals surface area contributed by atoms with E-state index in [9.17, 15) is 9.59 Å². The number of halogens is 1.